The van der Waals surface area contributed by atoms with Crippen molar-refractivity contribution in [3.8, 4) is 11.3 Å². The van der Waals surface area contributed by atoms with E-state index in [-0.39, 0.29) is 5.91 Å². The molecule has 1 amide bonds. The molecule has 0 aliphatic heterocycles. The lowest BCUT2D eigenvalue weighted by atomic mass is 10.1. The number of benzene rings is 1. The third-order valence-corrected chi connectivity index (χ3v) is 3.85. The highest BCUT2D eigenvalue weighted by molar-refractivity contribution is 5.92. The molecule has 0 fully saturated rings. The fourth-order valence-corrected chi connectivity index (χ4v) is 2.77. The summed E-state index contributed by atoms with van der Waals surface area (Å²) in [4.78, 5) is 19.5. The SMILES string of the molecule is CC(=O)Nc1cccc(Nc2c(-c3ccncc3)nn3cnccc23)c1. The van der Waals surface area contributed by atoms with Crippen molar-refractivity contribution in [3.05, 3.63) is 67.4 Å². The maximum absolute atomic E-state index is 11.3. The Kier molecular flexibility index (Phi) is 4.03. The third kappa shape index (κ3) is 3.10. The Hall–Kier alpha value is -3.74. The fraction of sp³-hybridized carbons (Fsp3) is 0.0526. The number of rotatable bonds is 4. The van der Waals surface area contributed by atoms with Crippen molar-refractivity contribution in [1.29, 1.82) is 0 Å². The molecule has 1 aromatic carbocycles. The number of fused-ring (bicyclic) bond motifs is 1. The van der Waals surface area contributed by atoms with Crippen LogP contribution in [0.25, 0.3) is 16.8 Å². The third-order valence-electron chi connectivity index (χ3n) is 3.85. The first-order valence-corrected chi connectivity index (χ1v) is 8.08. The predicted molar refractivity (Wildman–Crippen MR) is 100 cm³/mol. The van der Waals surface area contributed by atoms with E-state index < -0.39 is 0 Å². The molecule has 0 bridgehead atoms. The van der Waals surface area contributed by atoms with Crippen LogP contribution in [0.3, 0.4) is 0 Å². The van der Waals surface area contributed by atoms with Gasteiger partial charge in [-0.2, -0.15) is 5.10 Å². The summed E-state index contributed by atoms with van der Waals surface area (Å²) in [5.74, 6) is -0.110. The molecule has 0 aliphatic rings. The first kappa shape index (κ1) is 15.8. The van der Waals surface area contributed by atoms with Gasteiger partial charge >= 0.3 is 0 Å². The maximum Gasteiger partial charge on any atom is 0.221 e. The van der Waals surface area contributed by atoms with Gasteiger partial charge in [0.2, 0.25) is 5.91 Å². The van der Waals surface area contributed by atoms with Crippen LogP contribution in [0.15, 0.2) is 67.4 Å². The lowest BCUT2D eigenvalue weighted by molar-refractivity contribution is -0.114. The number of hydrogen-bond acceptors (Lipinski definition) is 5. The van der Waals surface area contributed by atoms with Gasteiger partial charge in [0, 0.05) is 42.5 Å². The number of carbonyl (C=O) groups excluding carboxylic acids is 1. The fourth-order valence-electron chi connectivity index (χ4n) is 2.77. The second-order valence-corrected chi connectivity index (χ2v) is 5.76. The second kappa shape index (κ2) is 6.64. The summed E-state index contributed by atoms with van der Waals surface area (Å²) >= 11 is 0. The zero-order chi connectivity index (χ0) is 17.9. The topological polar surface area (TPSA) is 84.2 Å². The molecule has 0 radical (unpaired) electrons. The largest absolute Gasteiger partial charge is 0.352 e. The first-order valence-electron chi connectivity index (χ1n) is 8.08. The molecule has 3 heterocycles. The summed E-state index contributed by atoms with van der Waals surface area (Å²) < 4.78 is 1.73. The van der Waals surface area contributed by atoms with Crippen molar-refractivity contribution in [2.45, 2.75) is 6.92 Å². The van der Waals surface area contributed by atoms with E-state index in [4.69, 9.17) is 0 Å². The van der Waals surface area contributed by atoms with Crippen molar-refractivity contribution in [2.24, 2.45) is 0 Å². The summed E-state index contributed by atoms with van der Waals surface area (Å²) in [7, 11) is 0. The number of pyridine rings is 1. The Labute approximate surface area is 149 Å². The summed E-state index contributed by atoms with van der Waals surface area (Å²) in [6.45, 7) is 1.49. The van der Waals surface area contributed by atoms with E-state index in [9.17, 15) is 4.79 Å². The summed E-state index contributed by atoms with van der Waals surface area (Å²) in [6.07, 6.45) is 6.86. The van der Waals surface area contributed by atoms with Crippen molar-refractivity contribution >= 4 is 28.5 Å². The number of carbonyl (C=O) groups is 1. The number of aromatic nitrogens is 4. The molecule has 0 aliphatic carbocycles. The Morgan fingerprint density at radius 2 is 1.77 bits per heavy atom. The Balaban J connectivity index is 1.80. The zero-order valence-electron chi connectivity index (χ0n) is 14.0. The molecule has 7 heteroatoms. The smallest absolute Gasteiger partial charge is 0.221 e. The van der Waals surface area contributed by atoms with Gasteiger partial charge in [-0.15, -0.1) is 0 Å². The van der Waals surface area contributed by atoms with Crippen LogP contribution in [-0.4, -0.2) is 25.5 Å². The number of nitrogens with zero attached hydrogens (tertiary/aromatic N) is 4. The van der Waals surface area contributed by atoms with Gasteiger partial charge in [-0.1, -0.05) is 6.07 Å². The molecule has 4 rings (SSSR count). The molecule has 0 saturated carbocycles. The van der Waals surface area contributed by atoms with E-state index in [1.54, 1.807) is 29.4 Å². The highest BCUT2D eigenvalue weighted by Crippen LogP contribution is 2.33. The average molecular weight is 344 g/mol. The zero-order valence-corrected chi connectivity index (χ0v) is 14.0. The molecule has 0 spiro atoms. The van der Waals surface area contributed by atoms with Gasteiger partial charge in [-0.25, -0.2) is 9.50 Å². The van der Waals surface area contributed by atoms with Crippen LogP contribution in [0.1, 0.15) is 6.92 Å². The molecule has 26 heavy (non-hydrogen) atoms. The normalized spacial score (nSPS) is 10.7. The van der Waals surface area contributed by atoms with Crippen LogP contribution in [-0.2, 0) is 4.79 Å². The molecule has 0 atom stereocenters. The Bertz CT molecular complexity index is 1070. The highest BCUT2D eigenvalue weighted by atomic mass is 16.1. The highest BCUT2D eigenvalue weighted by Gasteiger charge is 2.15. The van der Waals surface area contributed by atoms with Crippen LogP contribution in [0.4, 0.5) is 17.1 Å². The molecule has 0 unspecified atom stereocenters. The lowest BCUT2D eigenvalue weighted by Gasteiger charge is -2.09. The van der Waals surface area contributed by atoms with Crippen LogP contribution in [0.2, 0.25) is 0 Å². The summed E-state index contributed by atoms with van der Waals surface area (Å²) in [5.41, 5.74) is 5.08. The van der Waals surface area contributed by atoms with Crippen LogP contribution < -0.4 is 10.6 Å². The molecule has 128 valence electrons. The van der Waals surface area contributed by atoms with Crippen molar-refractivity contribution in [3.63, 3.8) is 0 Å². The minimum atomic E-state index is -0.110. The quantitative estimate of drug-likeness (QED) is 0.592. The van der Waals surface area contributed by atoms with E-state index in [1.807, 2.05) is 42.5 Å². The second-order valence-electron chi connectivity index (χ2n) is 5.76. The average Bonchev–Trinajstić information content (AvgIpc) is 3.01. The van der Waals surface area contributed by atoms with E-state index >= 15 is 0 Å². The van der Waals surface area contributed by atoms with E-state index in [0.717, 1.165) is 33.8 Å². The van der Waals surface area contributed by atoms with Gasteiger partial charge in [0.25, 0.3) is 0 Å². The van der Waals surface area contributed by atoms with Gasteiger partial charge in [0.05, 0.1) is 11.2 Å². The maximum atomic E-state index is 11.3. The molecule has 2 N–H and O–H groups in total. The minimum Gasteiger partial charge on any atom is -0.352 e. The monoisotopic (exact) mass is 344 g/mol. The van der Waals surface area contributed by atoms with Gasteiger partial charge in [0.15, 0.2) is 0 Å². The van der Waals surface area contributed by atoms with Crippen LogP contribution in [0, 0.1) is 0 Å². The van der Waals surface area contributed by atoms with Crippen molar-refractivity contribution < 1.29 is 4.79 Å². The van der Waals surface area contributed by atoms with E-state index in [2.05, 4.69) is 25.7 Å². The van der Waals surface area contributed by atoms with Crippen molar-refractivity contribution in [1.82, 2.24) is 19.6 Å². The van der Waals surface area contributed by atoms with Gasteiger partial charge in [0.1, 0.15) is 12.0 Å². The molecule has 3 aromatic heterocycles. The number of nitrogens with one attached hydrogen (secondary N) is 2. The number of hydrogen-bond donors (Lipinski definition) is 2. The minimum absolute atomic E-state index is 0.110. The molecule has 0 saturated heterocycles. The summed E-state index contributed by atoms with van der Waals surface area (Å²) in [5, 5.41) is 10.9. The predicted octanol–water partition coefficient (Wildman–Crippen LogP) is 3.49. The Morgan fingerprint density at radius 1 is 1.00 bits per heavy atom. The number of amides is 1. The standard InChI is InChI=1S/C19H16N6O/c1-13(26)22-15-3-2-4-16(11-15)23-19-17-7-10-21-12-25(17)24-18(19)14-5-8-20-9-6-14/h2-12,23H,1H3,(H,22,26). The molecule has 7 nitrogen and oxygen atoms in total. The first-order chi connectivity index (χ1) is 12.7. The van der Waals surface area contributed by atoms with E-state index in [0.29, 0.717) is 0 Å². The van der Waals surface area contributed by atoms with Crippen LogP contribution in [0.5, 0.6) is 0 Å². The van der Waals surface area contributed by atoms with Gasteiger partial charge < -0.3 is 10.6 Å². The Morgan fingerprint density at radius 3 is 2.58 bits per heavy atom. The van der Waals surface area contributed by atoms with E-state index in [1.165, 1.54) is 6.92 Å². The molecule has 4 aromatic rings. The van der Waals surface area contributed by atoms with Gasteiger partial charge in [-0.3, -0.25) is 9.78 Å². The lowest BCUT2D eigenvalue weighted by Crippen LogP contribution is -2.05. The van der Waals surface area contributed by atoms with Crippen molar-refractivity contribution in [2.75, 3.05) is 10.6 Å². The molecular formula is C19H16N6O. The van der Waals surface area contributed by atoms with Gasteiger partial charge in [-0.05, 0) is 36.4 Å². The molecular weight excluding hydrogens is 328 g/mol. The summed E-state index contributed by atoms with van der Waals surface area (Å²) in [6, 6.07) is 13.3. The number of anilines is 3. The van der Waals surface area contributed by atoms with Crippen LogP contribution >= 0.6 is 0 Å².